The molecule has 0 atom stereocenters. The highest BCUT2D eigenvalue weighted by Gasteiger charge is 2.25. The lowest BCUT2D eigenvalue weighted by Gasteiger charge is -2.31. The van der Waals surface area contributed by atoms with E-state index < -0.39 is 0 Å². The third-order valence-electron chi connectivity index (χ3n) is 5.70. The minimum atomic E-state index is 0.0190. The predicted octanol–water partition coefficient (Wildman–Crippen LogP) is 5.70. The van der Waals surface area contributed by atoms with Gasteiger partial charge in [-0.25, -0.2) is 0 Å². The average molecular weight is 463 g/mol. The van der Waals surface area contributed by atoms with E-state index in [-0.39, 0.29) is 17.2 Å². The van der Waals surface area contributed by atoms with Crippen LogP contribution >= 0.6 is 23.2 Å². The van der Waals surface area contributed by atoms with Crippen LogP contribution in [0.3, 0.4) is 0 Å². The van der Waals surface area contributed by atoms with Gasteiger partial charge < -0.3 is 10.1 Å². The van der Waals surface area contributed by atoms with Gasteiger partial charge in [-0.3, -0.25) is 9.69 Å². The molecule has 1 amide bonds. The number of nitrogens with one attached hydrogen (secondary N) is 1. The number of benzene rings is 2. The van der Waals surface area contributed by atoms with Gasteiger partial charge in [0.1, 0.15) is 12.4 Å². The van der Waals surface area contributed by atoms with Gasteiger partial charge in [0, 0.05) is 12.5 Å². The van der Waals surface area contributed by atoms with Crippen molar-refractivity contribution in [3.05, 3.63) is 63.6 Å². The molecule has 2 aromatic carbocycles. The zero-order chi connectivity index (χ0) is 22.4. The van der Waals surface area contributed by atoms with Crippen molar-refractivity contribution in [2.24, 2.45) is 5.92 Å². The van der Waals surface area contributed by atoms with Crippen LogP contribution in [0, 0.1) is 5.92 Å². The van der Waals surface area contributed by atoms with Crippen LogP contribution in [0.4, 0.5) is 0 Å². The molecule has 0 aromatic heterocycles. The molecular weight excluding hydrogens is 431 g/mol. The molecule has 0 bridgehead atoms. The highest BCUT2D eigenvalue weighted by atomic mass is 35.5. The maximum atomic E-state index is 12.6. The number of ether oxygens (including phenoxy) is 1. The van der Waals surface area contributed by atoms with Crippen LogP contribution in [-0.4, -0.2) is 37.0 Å². The van der Waals surface area contributed by atoms with Crippen LogP contribution in [-0.2, 0) is 16.8 Å². The number of hydrogen-bond donors (Lipinski definition) is 1. The Morgan fingerprint density at radius 1 is 1.10 bits per heavy atom. The molecule has 2 aromatic rings. The van der Waals surface area contributed by atoms with E-state index in [4.69, 9.17) is 27.9 Å². The van der Waals surface area contributed by atoms with Crippen molar-refractivity contribution in [3.8, 4) is 5.75 Å². The molecule has 0 unspecified atom stereocenters. The Balaban J connectivity index is 1.39. The number of nitrogens with zero attached hydrogens (tertiary/aromatic N) is 1. The summed E-state index contributed by atoms with van der Waals surface area (Å²) in [5.74, 6) is 1.08. The van der Waals surface area contributed by atoms with Crippen molar-refractivity contribution in [1.29, 1.82) is 0 Å². The second-order valence-electron chi connectivity index (χ2n) is 9.18. The summed E-state index contributed by atoms with van der Waals surface area (Å²) in [6.45, 7) is 10.1. The number of carbonyl (C=O) groups is 1. The molecule has 0 saturated carbocycles. The lowest BCUT2D eigenvalue weighted by atomic mass is 9.86. The van der Waals surface area contributed by atoms with Crippen molar-refractivity contribution in [2.45, 2.75) is 45.6 Å². The molecule has 1 fully saturated rings. The number of likely N-dealkylation sites (tertiary alicyclic amines) is 1. The largest absolute Gasteiger partial charge is 0.491 e. The molecule has 1 saturated heterocycles. The molecule has 1 N–H and O–H groups in total. The van der Waals surface area contributed by atoms with E-state index in [1.54, 1.807) is 0 Å². The van der Waals surface area contributed by atoms with Crippen LogP contribution in [0.15, 0.2) is 42.5 Å². The number of halogens is 2. The number of para-hydroxylation sites is 1. The first-order valence-corrected chi connectivity index (χ1v) is 11.7. The van der Waals surface area contributed by atoms with Crippen molar-refractivity contribution >= 4 is 29.1 Å². The number of hydrogen-bond acceptors (Lipinski definition) is 3. The zero-order valence-electron chi connectivity index (χ0n) is 18.6. The average Bonchev–Trinajstić information content (AvgIpc) is 2.74. The fourth-order valence-corrected chi connectivity index (χ4v) is 4.26. The smallest absolute Gasteiger partial charge is 0.223 e. The number of piperidine rings is 1. The molecule has 168 valence electrons. The molecule has 0 aliphatic carbocycles. The third-order valence-corrected chi connectivity index (χ3v) is 6.44. The fourth-order valence-electron chi connectivity index (χ4n) is 3.94. The summed E-state index contributed by atoms with van der Waals surface area (Å²) in [6.07, 6.45) is 1.72. The van der Waals surface area contributed by atoms with Crippen LogP contribution < -0.4 is 10.1 Å². The van der Waals surface area contributed by atoms with Crippen molar-refractivity contribution < 1.29 is 9.53 Å². The summed E-state index contributed by atoms with van der Waals surface area (Å²) in [7, 11) is 0. The van der Waals surface area contributed by atoms with Gasteiger partial charge in [0.05, 0.1) is 16.6 Å². The normalized spacial score (nSPS) is 15.6. The van der Waals surface area contributed by atoms with E-state index in [9.17, 15) is 4.79 Å². The molecule has 4 nitrogen and oxygen atoms in total. The first-order valence-electron chi connectivity index (χ1n) is 10.9. The van der Waals surface area contributed by atoms with Crippen molar-refractivity contribution in [2.75, 3.05) is 26.2 Å². The van der Waals surface area contributed by atoms with Gasteiger partial charge in [-0.15, -0.1) is 0 Å². The van der Waals surface area contributed by atoms with Crippen LogP contribution in [0.25, 0.3) is 0 Å². The van der Waals surface area contributed by atoms with Gasteiger partial charge in [-0.2, -0.15) is 0 Å². The lowest BCUT2D eigenvalue weighted by molar-refractivity contribution is -0.126. The highest BCUT2D eigenvalue weighted by Crippen LogP contribution is 2.31. The van der Waals surface area contributed by atoms with Gasteiger partial charge >= 0.3 is 0 Å². The Labute approximate surface area is 195 Å². The van der Waals surface area contributed by atoms with Crippen molar-refractivity contribution in [3.63, 3.8) is 0 Å². The molecule has 31 heavy (non-hydrogen) atoms. The van der Waals surface area contributed by atoms with E-state index in [0.29, 0.717) is 23.2 Å². The summed E-state index contributed by atoms with van der Waals surface area (Å²) in [6, 6.07) is 13.9. The predicted molar refractivity (Wildman–Crippen MR) is 128 cm³/mol. The topological polar surface area (TPSA) is 41.6 Å². The minimum absolute atomic E-state index is 0.0190. The summed E-state index contributed by atoms with van der Waals surface area (Å²) < 4.78 is 5.96. The SMILES string of the molecule is CC(C)(C)c1ccccc1OCCNC(=O)C1CCN(Cc2ccc(Cl)c(Cl)c2)CC1. The third kappa shape index (κ3) is 6.86. The standard InChI is InChI=1S/C25H32Cl2N2O2/c1-25(2,3)20-6-4-5-7-23(20)31-15-12-28-24(30)19-10-13-29(14-11-19)17-18-8-9-21(26)22(27)16-18/h4-9,16,19H,10-15,17H2,1-3H3,(H,28,30). The Bertz CT molecular complexity index is 887. The second kappa shape index (κ2) is 10.7. The Morgan fingerprint density at radius 2 is 1.81 bits per heavy atom. The maximum absolute atomic E-state index is 12.6. The Kier molecular flexibility index (Phi) is 8.26. The lowest BCUT2D eigenvalue weighted by Crippen LogP contribution is -2.41. The molecule has 1 heterocycles. The Morgan fingerprint density at radius 3 is 2.48 bits per heavy atom. The second-order valence-corrected chi connectivity index (χ2v) is 10.00. The number of amides is 1. The molecule has 1 aliphatic rings. The van der Waals surface area contributed by atoms with Gasteiger partial charge in [0.25, 0.3) is 0 Å². The van der Waals surface area contributed by atoms with Gasteiger partial charge in [0.15, 0.2) is 0 Å². The molecular formula is C25H32Cl2N2O2. The van der Waals surface area contributed by atoms with E-state index >= 15 is 0 Å². The number of rotatable bonds is 7. The first-order chi connectivity index (χ1) is 14.7. The number of carbonyl (C=O) groups excluding carboxylic acids is 1. The maximum Gasteiger partial charge on any atom is 0.223 e. The van der Waals surface area contributed by atoms with E-state index in [1.807, 2.05) is 36.4 Å². The quantitative estimate of drug-likeness (QED) is 0.536. The monoisotopic (exact) mass is 462 g/mol. The molecule has 0 spiro atoms. The van der Waals surface area contributed by atoms with Crippen LogP contribution in [0.1, 0.15) is 44.7 Å². The van der Waals surface area contributed by atoms with E-state index in [2.05, 4.69) is 37.1 Å². The Hall–Kier alpha value is -1.75. The van der Waals surface area contributed by atoms with E-state index in [1.165, 1.54) is 5.56 Å². The zero-order valence-corrected chi connectivity index (χ0v) is 20.1. The molecule has 6 heteroatoms. The molecule has 3 rings (SSSR count). The fraction of sp³-hybridized carbons (Fsp3) is 0.480. The summed E-state index contributed by atoms with van der Waals surface area (Å²) in [5.41, 5.74) is 2.34. The van der Waals surface area contributed by atoms with Gasteiger partial charge in [-0.1, -0.05) is 68.2 Å². The minimum Gasteiger partial charge on any atom is -0.491 e. The van der Waals surface area contributed by atoms with Crippen molar-refractivity contribution in [1.82, 2.24) is 10.2 Å². The molecule has 1 aliphatic heterocycles. The van der Waals surface area contributed by atoms with Gasteiger partial charge in [-0.05, 0) is 60.7 Å². The summed E-state index contributed by atoms with van der Waals surface area (Å²) >= 11 is 12.1. The highest BCUT2D eigenvalue weighted by molar-refractivity contribution is 6.42. The van der Waals surface area contributed by atoms with E-state index in [0.717, 1.165) is 43.8 Å². The van der Waals surface area contributed by atoms with Crippen LogP contribution in [0.2, 0.25) is 10.0 Å². The molecule has 0 radical (unpaired) electrons. The first kappa shape index (κ1) is 23.9. The van der Waals surface area contributed by atoms with Gasteiger partial charge in [0.2, 0.25) is 5.91 Å². The summed E-state index contributed by atoms with van der Waals surface area (Å²) in [4.78, 5) is 14.9. The van der Waals surface area contributed by atoms with Crippen LogP contribution in [0.5, 0.6) is 5.75 Å². The summed E-state index contributed by atoms with van der Waals surface area (Å²) in [5, 5.41) is 4.20.